The minimum atomic E-state index is -0.00967. The number of hydrogen-bond acceptors (Lipinski definition) is 4. The molecule has 0 saturated carbocycles. The van der Waals surface area contributed by atoms with Gasteiger partial charge in [0.1, 0.15) is 5.76 Å². The SMILES string of the molecule is O=C(Nc1cccc(-c2ccco2)c1)N1CCCC[C@@H]1CN1CCOCC1. The fourth-order valence-corrected chi connectivity index (χ4v) is 3.93. The van der Waals surface area contributed by atoms with E-state index in [9.17, 15) is 4.79 Å². The predicted molar refractivity (Wildman–Crippen MR) is 105 cm³/mol. The number of benzene rings is 1. The van der Waals surface area contributed by atoms with Gasteiger partial charge < -0.3 is 19.4 Å². The van der Waals surface area contributed by atoms with Gasteiger partial charge in [-0.15, -0.1) is 0 Å². The highest BCUT2D eigenvalue weighted by atomic mass is 16.5. The van der Waals surface area contributed by atoms with Crippen molar-refractivity contribution in [3.63, 3.8) is 0 Å². The Kier molecular flexibility index (Phi) is 5.75. The number of amides is 2. The van der Waals surface area contributed by atoms with E-state index in [2.05, 4.69) is 10.2 Å². The van der Waals surface area contributed by atoms with Gasteiger partial charge in [0.05, 0.1) is 19.5 Å². The van der Waals surface area contributed by atoms with Gasteiger partial charge in [-0.25, -0.2) is 4.79 Å². The van der Waals surface area contributed by atoms with Crippen LogP contribution in [0.4, 0.5) is 10.5 Å². The molecule has 2 saturated heterocycles. The quantitative estimate of drug-likeness (QED) is 0.893. The van der Waals surface area contributed by atoms with Crippen molar-refractivity contribution in [2.45, 2.75) is 25.3 Å². The highest BCUT2D eigenvalue weighted by Crippen LogP contribution is 2.24. The van der Waals surface area contributed by atoms with Crippen molar-refractivity contribution in [1.29, 1.82) is 0 Å². The summed E-state index contributed by atoms with van der Waals surface area (Å²) < 4.78 is 10.9. The highest BCUT2D eigenvalue weighted by Gasteiger charge is 2.29. The molecule has 3 heterocycles. The number of ether oxygens (including phenoxy) is 1. The zero-order valence-corrected chi connectivity index (χ0v) is 15.6. The summed E-state index contributed by atoms with van der Waals surface area (Å²) in [5.74, 6) is 0.800. The lowest BCUT2D eigenvalue weighted by molar-refractivity contribution is 0.0229. The third-order valence-corrected chi connectivity index (χ3v) is 5.38. The molecule has 6 heteroatoms. The average Bonchev–Trinajstić information content (AvgIpc) is 3.24. The third-order valence-electron chi connectivity index (χ3n) is 5.38. The molecule has 0 unspecified atom stereocenters. The van der Waals surface area contributed by atoms with Gasteiger partial charge in [-0.2, -0.15) is 0 Å². The molecule has 27 heavy (non-hydrogen) atoms. The topological polar surface area (TPSA) is 58.0 Å². The van der Waals surface area contributed by atoms with Gasteiger partial charge in [-0.1, -0.05) is 12.1 Å². The second kappa shape index (κ2) is 8.59. The normalized spacial score (nSPS) is 21.2. The summed E-state index contributed by atoms with van der Waals surface area (Å²) in [5, 5.41) is 3.08. The number of nitrogens with zero attached hydrogens (tertiary/aromatic N) is 2. The van der Waals surface area contributed by atoms with Crippen LogP contribution in [0.25, 0.3) is 11.3 Å². The Morgan fingerprint density at radius 3 is 2.81 bits per heavy atom. The van der Waals surface area contributed by atoms with Crippen LogP contribution >= 0.6 is 0 Å². The molecule has 4 rings (SSSR count). The Bertz CT molecular complexity index is 741. The number of piperidine rings is 1. The maximum Gasteiger partial charge on any atom is 0.322 e. The largest absolute Gasteiger partial charge is 0.464 e. The van der Waals surface area contributed by atoms with Crippen molar-refractivity contribution in [2.24, 2.45) is 0 Å². The number of urea groups is 1. The van der Waals surface area contributed by atoms with E-state index in [0.29, 0.717) is 0 Å². The molecule has 1 atom stereocenters. The van der Waals surface area contributed by atoms with Gasteiger partial charge in [0.2, 0.25) is 0 Å². The number of anilines is 1. The molecular formula is C21H27N3O3. The van der Waals surface area contributed by atoms with E-state index < -0.39 is 0 Å². The molecule has 1 aromatic heterocycles. The predicted octanol–water partition coefficient (Wildman–Crippen LogP) is 3.67. The van der Waals surface area contributed by atoms with Crippen molar-refractivity contribution in [3.8, 4) is 11.3 Å². The molecule has 0 bridgehead atoms. The van der Waals surface area contributed by atoms with Crippen LogP contribution in [0, 0.1) is 0 Å². The zero-order chi connectivity index (χ0) is 18.5. The fourth-order valence-electron chi connectivity index (χ4n) is 3.93. The van der Waals surface area contributed by atoms with E-state index in [-0.39, 0.29) is 12.1 Å². The lowest BCUT2D eigenvalue weighted by Crippen LogP contribution is -2.52. The lowest BCUT2D eigenvalue weighted by atomic mass is 10.0. The molecule has 2 aliphatic rings. The van der Waals surface area contributed by atoms with Gasteiger partial charge >= 0.3 is 6.03 Å². The fraction of sp³-hybridized carbons (Fsp3) is 0.476. The van der Waals surface area contributed by atoms with E-state index in [1.165, 1.54) is 6.42 Å². The first-order valence-electron chi connectivity index (χ1n) is 9.81. The summed E-state index contributed by atoms with van der Waals surface area (Å²) in [6.07, 6.45) is 4.98. The molecule has 2 aliphatic heterocycles. The van der Waals surface area contributed by atoms with Crippen molar-refractivity contribution in [1.82, 2.24) is 9.80 Å². The van der Waals surface area contributed by atoms with Crippen LogP contribution in [0.2, 0.25) is 0 Å². The van der Waals surface area contributed by atoms with Gasteiger partial charge in [0, 0.05) is 43.5 Å². The molecular weight excluding hydrogens is 342 g/mol. The van der Waals surface area contributed by atoms with E-state index in [0.717, 1.165) is 69.2 Å². The first-order chi connectivity index (χ1) is 13.3. The van der Waals surface area contributed by atoms with Crippen LogP contribution in [0.3, 0.4) is 0 Å². The number of likely N-dealkylation sites (tertiary alicyclic amines) is 1. The summed E-state index contributed by atoms with van der Waals surface area (Å²) in [6, 6.07) is 11.8. The second-order valence-electron chi connectivity index (χ2n) is 7.24. The van der Waals surface area contributed by atoms with Crippen LogP contribution in [-0.4, -0.2) is 61.3 Å². The molecule has 1 N–H and O–H groups in total. The Morgan fingerprint density at radius 1 is 1.11 bits per heavy atom. The maximum absolute atomic E-state index is 13.0. The van der Waals surface area contributed by atoms with Crippen molar-refractivity contribution >= 4 is 11.7 Å². The van der Waals surface area contributed by atoms with Gasteiger partial charge in [-0.05, 0) is 43.5 Å². The average molecular weight is 369 g/mol. The summed E-state index contributed by atoms with van der Waals surface area (Å²) >= 11 is 0. The van der Waals surface area contributed by atoms with Crippen LogP contribution in [0.1, 0.15) is 19.3 Å². The molecule has 144 valence electrons. The van der Waals surface area contributed by atoms with E-state index in [4.69, 9.17) is 9.15 Å². The number of hydrogen-bond donors (Lipinski definition) is 1. The highest BCUT2D eigenvalue weighted by molar-refractivity contribution is 5.90. The van der Waals surface area contributed by atoms with Crippen molar-refractivity contribution < 1.29 is 13.9 Å². The first-order valence-corrected chi connectivity index (χ1v) is 9.81. The summed E-state index contributed by atoms with van der Waals surface area (Å²) in [5.41, 5.74) is 1.76. The van der Waals surface area contributed by atoms with Crippen molar-refractivity contribution in [3.05, 3.63) is 42.7 Å². The zero-order valence-electron chi connectivity index (χ0n) is 15.6. The molecule has 0 aliphatic carbocycles. The Labute approximate surface area is 160 Å². The minimum absolute atomic E-state index is 0.00967. The summed E-state index contributed by atoms with van der Waals surface area (Å²) in [6.45, 7) is 5.24. The molecule has 2 aromatic rings. The van der Waals surface area contributed by atoms with Gasteiger partial charge in [0.15, 0.2) is 0 Å². The minimum Gasteiger partial charge on any atom is -0.464 e. The molecule has 0 radical (unpaired) electrons. The van der Waals surface area contributed by atoms with Crippen LogP contribution < -0.4 is 5.32 Å². The van der Waals surface area contributed by atoms with Crippen LogP contribution in [0.5, 0.6) is 0 Å². The second-order valence-corrected chi connectivity index (χ2v) is 7.24. The van der Waals surface area contributed by atoms with Gasteiger partial charge in [0.25, 0.3) is 0 Å². The van der Waals surface area contributed by atoms with Gasteiger partial charge in [-0.3, -0.25) is 4.90 Å². The molecule has 2 amide bonds. The molecule has 1 aromatic carbocycles. The smallest absolute Gasteiger partial charge is 0.322 e. The standard InChI is InChI=1S/C21H27N3O3/c25-21(22-18-6-3-5-17(15-18)20-8-4-12-27-20)24-9-2-1-7-19(24)16-23-10-13-26-14-11-23/h3-6,8,12,15,19H,1-2,7,9-11,13-14,16H2,(H,22,25)/t19-/m1/s1. The summed E-state index contributed by atoms with van der Waals surface area (Å²) in [4.78, 5) is 17.4. The Morgan fingerprint density at radius 2 is 2.00 bits per heavy atom. The number of furan rings is 1. The third kappa shape index (κ3) is 4.51. The maximum atomic E-state index is 13.0. The van der Waals surface area contributed by atoms with E-state index in [1.807, 2.05) is 41.3 Å². The monoisotopic (exact) mass is 369 g/mol. The van der Waals surface area contributed by atoms with E-state index in [1.54, 1.807) is 6.26 Å². The number of carbonyl (C=O) groups is 1. The van der Waals surface area contributed by atoms with E-state index >= 15 is 0 Å². The summed E-state index contributed by atoms with van der Waals surface area (Å²) in [7, 11) is 0. The van der Waals surface area contributed by atoms with Crippen LogP contribution in [-0.2, 0) is 4.74 Å². The Hall–Kier alpha value is -2.31. The van der Waals surface area contributed by atoms with Crippen molar-refractivity contribution in [2.75, 3.05) is 44.7 Å². The molecule has 0 spiro atoms. The number of carbonyl (C=O) groups excluding carboxylic acids is 1. The number of rotatable bonds is 4. The molecule has 2 fully saturated rings. The number of morpholine rings is 1. The lowest BCUT2D eigenvalue weighted by Gasteiger charge is -2.39. The Balaban J connectivity index is 1.42. The first kappa shape index (κ1) is 18.1. The molecule has 6 nitrogen and oxygen atoms in total. The number of nitrogens with one attached hydrogen (secondary N) is 1. The van der Waals surface area contributed by atoms with Crippen LogP contribution in [0.15, 0.2) is 47.1 Å².